The molecule has 0 aliphatic carbocycles. The van der Waals surface area contributed by atoms with Gasteiger partial charge in [0.15, 0.2) is 0 Å². The second-order valence-corrected chi connectivity index (χ2v) is 15.1. The summed E-state index contributed by atoms with van der Waals surface area (Å²) in [6.07, 6.45) is 8.50. The van der Waals surface area contributed by atoms with Crippen molar-refractivity contribution in [2.24, 2.45) is 0 Å². The summed E-state index contributed by atoms with van der Waals surface area (Å²) in [5, 5.41) is 7.32. The largest absolute Gasteiger partial charge is 0.314 e. The minimum atomic E-state index is 0.966. The Bertz CT molecular complexity index is 3390. The van der Waals surface area contributed by atoms with E-state index in [1.54, 1.807) is 0 Å². The molecule has 4 nitrogen and oxygen atoms in total. The molecule has 1 aliphatic heterocycles. The third-order valence-corrected chi connectivity index (χ3v) is 11.9. The van der Waals surface area contributed by atoms with Crippen LogP contribution in [0.3, 0.4) is 0 Å². The molecule has 0 unspecified atom stereocenters. The standard InChI is InChI=1S/C54H36N4/c1-36-18-16-17-33-55(44-26-9-2-19-37(36)44)51-34-53(57-47-29-12-5-22-40(47)41-23-6-13-30-48(41)57)54(58-49-31-14-7-24-42(49)43-25-8-15-32-50(43)58)35-52(51)56-45-27-10-3-20-38(45)39-21-4-11-28-46(39)56/h2-35H,1H2/b18-16-,33-17-. The number of para-hydroxylation sites is 7. The Morgan fingerprint density at radius 1 is 0.310 bits per heavy atom. The highest BCUT2D eigenvalue weighted by Gasteiger charge is 2.26. The lowest BCUT2D eigenvalue weighted by atomic mass is 10.0. The maximum atomic E-state index is 4.51. The van der Waals surface area contributed by atoms with Gasteiger partial charge in [-0.1, -0.05) is 146 Å². The molecule has 12 rings (SSSR count). The number of anilines is 2. The molecule has 0 spiro atoms. The topological polar surface area (TPSA) is 18.0 Å². The second kappa shape index (κ2) is 12.6. The van der Waals surface area contributed by atoms with Gasteiger partial charge in [0, 0.05) is 44.1 Å². The summed E-state index contributed by atoms with van der Waals surface area (Å²) in [7, 11) is 0. The van der Waals surface area contributed by atoms with Crippen LogP contribution >= 0.6 is 0 Å². The first-order valence-corrected chi connectivity index (χ1v) is 19.8. The van der Waals surface area contributed by atoms with Crippen LogP contribution in [0, 0.1) is 0 Å². The monoisotopic (exact) mass is 740 g/mol. The Balaban J connectivity index is 1.32. The van der Waals surface area contributed by atoms with Crippen LogP contribution in [-0.2, 0) is 0 Å². The molecule has 0 fully saturated rings. The van der Waals surface area contributed by atoms with E-state index < -0.39 is 0 Å². The Hall–Kier alpha value is -7.82. The quantitative estimate of drug-likeness (QED) is 0.176. The predicted molar refractivity (Wildman–Crippen MR) is 245 cm³/mol. The number of aromatic nitrogens is 3. The number of allylic oxidation sites excluding steroid dienone is 4. The van der Waals surface area contributed by atoms with Crippen molar-refractivity contribution in [2.45, 2.75) is 0 Å². The summed E-state index contributed by atoms with van der Waals surface area (Å²) < 4.78 is 7.42. The van der Waals surface area contributed by atoms with Crippen LogP contribution in [0.2, 0.25) is 0 Å². The first kappa shape index (κ1) is 32.4. The molecule has 272 valence electrons. The molecule has 0 radical (unpaired) electrons. The smallest absolute Gasteiger partial charge is 0.0725 e. The van der Waals surface area contributed by atoms with E-state index in [0.29, 0.717) is 0 Å². The summed E-state index contributed by atoms with van der Waals surface area (Å²) in [5.41, 5.74) is 14.3. The van der Waals surface area contributed by atoms with Crippen molar-refractivity contribution in [1.29, 1.82) is 0 Å². The van der Waals surface area contributed by atoms with Gasteiger partial charge < -0.3 is 18.6 Å². The van der Waals surface area contributed by atoms with Gasteiger partial charge in [-0.25, -0.2) is 0 Å². The van der Waals surface area contributed by atoms with Gasteiger partial charge >= 0.3 is 0 Å². The number of rotatable bonds is 4. The second-order valence-electron chi connectivity index (χ2n) is 15.1. The third-order valence-electron chi connectivity index (χ3n) is 11.9. The van der Waals surface area contributed by atoms with Crippen LogP contribution in [0.15, 0.2) is 213 Å². The SMILES string of the molecule is C=C1/C=C\C=C/N(c2cc(-n3c4ccccc4c4ccccc43)c(-n3c4ccccc4c4ccccc43)cc2-n2c3ccccc3c3ccccc32)c2ccccc21. The molecule has 1 aliphatic rings. The predicted octanol–water partition coefficient (Wildman–Crippen LogP) is 14.2. The van der Waals surface area contributed by atoms with E-state index in [4.69, 9.17) is 0 Å². The molecule has 0 amide bonds. The molecule has 4 heterocycles. The molecule has 8 aromatic carbocycles. The van der Waals surface area contributed by atoms with Crippen molar-refractivity contribution in [1.82, 2.24) is 13.7 Å². The van der Waals surface area contributed by atoms with Gasteiger partial charge in [0.1, 0.15) is 0 Å². The van der Waals surface area contributed by atoms with E-state index in [1.165, 1.54) is 32.3 Å². The Morgan fingerprint density at radius 3 is 1.05 bits per heavy atom. The Kier molecular flexibility index (Phi) is 7.05. The van der Waals surface area contributed by atoms with Crippen molar-refractivity contribution < 1.29 is 0 Å². The van der Waals surface area contributed by atoms with Crippen LogP contribution in [0.5, 0.6) is 0 Å². The number of fused-ring (bicyclic) bond motifs is 10. The molecule has 0 bridgehead atoms. The first-order chi connectivity index (χ1) is 28.7. The van der Waals surface area contributed by atoms with Crippen molar-refractivity contribution in [2.75, 3.05) is 4.90 Å². The van der Waals surface area contributed by atoms with Gasteiger partial charge in [0.05, 0.1) is 61.5 Å². The van der Waals surface area contributed by atoms with E-state index in [-0.39, 0.29) is 0 Å². The van der Waals surface area contributed by atoms with Crippen LogP contribution in [0.4, 0.5) is 11.4 Å². The van der Waals surface area contributed by atoms with Crippen LogP contribution < -0.4 is 4.90 Å². The highest BCUT2D eigenvalue weighted by molar-refractivity contribution is 6.13. The number of hydrogen-bond acceptors (Lipinski definition) is 1. The summed E-state index contributed by atoms with van der Waals surface area (Å²) >= 11 is 0. The molecule has 58 heavy (non-hydrogen) atoms. The molecule has 0 saturated heterocycles. The Morgan fingerprint density at radius 2 is 0.638 bits per heavy atom. The van der Waals surface area contributed by atoms with Crippen molar-refractivity contribution in [3.8, 4) is 17.1 Å². The van der Waals surface area contributed by atoms with Crippen molar-refractivity contribution >= 4 is 82.4 Å². The fourth-order valence-electron chi connectivity index (χ4n) is 9.47. The number of hydrogen-bond donors (Lipinski definition) is 0. The van der Waals surface area contributed by atoms with E-state index in [1.807, 2.05) is 0 Å². The highest BCUT2D eigenvalue weighted by Crippen LogP contribution is 2.46. The molecule has 3 aromatic heterocycles. The summed E-state index contributed by atoms with van der Waals surface area (Å²) in [6, 6.07) is 66.3. The lowest BCUT2D eigenvalue weighted by Crippen LogP contribution is -2.16. The lowest BCUT2D eigenvalue weighted by Gasteiger charge is -2.30. The summed E-state index contributed by atoms with van der Waals surface area (Å²) in [5.74, 6) is 0. The van der Waals surface area contributed by atoms with Gasteiger partial charge in [-0.05, 0) is 66.2 Å². The maximum absolute atomic E-state index is 4.51. The van der Waals surface area contributed by atoms with Crippen LogP contribution in [0.1, 0.15) is 5.56 Å². The van der Waals surface area contributed by atoms with Gasteiger partial charge in [-0.15, -0.1) is 0 Å². The van der Waals surface area contributed by atoms with Crippen molar-refractivity contribution in [3.63, 3.8) is 0 Å². The average molecular weight is 741 g/mol. The molecule has 11 aromatic rings. The lowest BCUT2D eigenvalue weighted by molar-refractivity contribution is 1.07. The van der Waals surface area contributed by atoms with E-state index >= 15 is 0 Å². The minimum absolute atomic E-state index is 0.966. The number of nitrogens with zero attached hydrogens (tertiary/aromatic N) is 4. The average Bonchev–Trinajstić information content (AvgIpc) is 3.91. The zero-order chi connectivity index (χ0) is 38.3. The molecule has 0 saturated carbocycles. The van der Waals surface area contributed by atoms with Crippen molar-refractivity contribution in [3.05, 3.63) is 219 Å². The first-order valence-electron chi connectivity index (χ1n) is 19.8. The molecule has 4 heteroatoms. The number of benzene rings is 8. The van der Waals surface area contributed by atoms with Crippen LogP contribution in [0.25, 0.3) is 88.1 Å². The molecular formula is C54H36N4. The van der Waals surface area contributed by atoms with E-state index in [2.05, 4.69) is 232 Å². The van der Waals surface area contributed by atoms with E-state index in [0.717, 1.165) is 72.7 Å². The molecule has 0 atom stereocenters. The summed E-state index contributed by atoms with van der Waals surface area (Å²) in [6.45, 7) is 4.51. The van der Waals surface area contributed by atoms with Crippen LogP contribution in [-0.4, -0.2) is 13.7 Å². The summed E-state index contributed by atoms with van der Waals surface area (Å²) in [4.78, 5) is 2.36. The zero-order valence-electron chi connectivity index (χ0n) is 31.6. The van der Waals surface area contributed by atoms with Gasteiger partial charge in [0.2, 0.25) is 0 Å². The Labute approximate surface area is 335 Å². The van der Waals surface area contributed by atoms with Gasteiger partial charge in [0.25, 0.3) is 0 Å². The fourth-order valence-corrected chi connectivity index (χ4v) is 9.47. The van der Waals surface area contributed by atoms with E-state index in [9.17, 15) is 0 Å². The molecular weight excluding hydrogens is 705 g/mol. The minimum Gasteiger partial charge on any atom is -0.314 e. The maximum Gasteiger partial charge on any atom is 0.0725 e. The molecule has 0 N–H and O–H groups in total. The zero-order valence-corrected chi connectivity index (χ0v) is 31.6. The van der Waals surface area contributed by atoms with Gasteiger partial charge in [-0.3, -0.25) is 0 Å². The third kappa shape index (κ3) is 4.63. The highest BCUT2D eigenvalue weighted by atomic mass is 15.2. The fraction of sp³-hybridized carbons (Fsp3) is 0. The normalized spacial score (nSPS) is 14.1. The van der Waals surface area contributed by atoms with Gasteiger partial charge in [-0.2, -0.15) is 0 Å².